The number of anilines is 6. The van der Waals surface area contributed by atoms with Gasteiger partial charge in [0, 0.05) is 39.3 Å². The SMILES string of the molecule is CC1(C)CCC(C)(C)c2cc(N3c4cc(-c5ccccc5)cc5c4B(c4cc6c(cc4N5c4cc5c(cc4-c4ccccc4)C(C)(C)CCC5(C)C)C(C)(C)CCC6(C)C)c4oc5c(c43)C(C)(C)CCC5(C)C)ccc21. The van der Waals surface area contributed by atoms with Gasteiger partial charge in [0.05, 0.1) is 17.0 Å². The zero-order chi connectivity index (χ0) is 53.7. The molecule has 3 heterocycles. The molecule has 76 heavy (non-hydrogen) atoms. The first-order valence-electron chi connectivity index (χ1n) is 29.2. The van der Waals surface area contributed by atoms with Gasteiger partial charge in [-0.25, -0.2) is 0 Å². The van der Waals surface area contributed by atoms with E-state index in [1.54, 1.807) is 0 Å². The summed E-state index contributed by atoms with van der Waals surface area (Å²) in [6.45, 7) is 39.6. The lowest BCUT2D eigenvalue weighted by Crippen LogP contribution is -2.61. The summed E-state index contributed by atoms with van der Waals surface area (Å²) >= 11 is 0. The van der Waals surface area contributed by atoms with Crippen LogP contribution in [0.3, 0.4) is 0 Å². The van der Waals surface area contributed by atoms with Crippen molar-refractivity contribution in [1.82, 2.24) is 0 Å². The molecule has 0 saturated carbocycles. The molecular weight excluding hydrogens is 920 g/mol. The third kappa shape index (κ3) is 7.19. The van der Waals surface area contributed by atoms with Crippen molar-refractivity contribution in [3.05, 3.63) is 160 Å². The van der Waals surface area contributed by atoms with E-state index >= 15 is 0 Å². The molecule has 0 fully saturated rings. The fraction of sp³-hybridized carbons (Fsp3) is 0.444. The molecule has 6 aromatic carbocycles. The van der Waals surface area contributed by atoms with Crippen molar-refractivity contribution in [1.29, 1.82) is 0 Å². The molecule has 0 N–H and O–H groups in total. The highest BCUT2D eigenvalue weighted by molar-refractivity contribution is 6.99. The van der Waals surface area contributed by atoms with E-state index in [1.807, 2.05) is 0 Å². The van der Waals surface area contributed by atoms with Crippen LogP contribution in [-0.4, -0.2) is 6.71 Å². The van der Waals surface area contributed by atoms with Crippen LogP contribution in [0.15, 0.2) is 120 Å². The number of rotatable bonds is 4. The van der Waals surface area contributed by atoms with E-state index in [4.69, 9.17) is 4.42 Å². The lowest BCUT2D eigenvalue weighted by molar-refractivity contribution is 0.282. The van der Waals surface area contributed by atoms with Gasteiger partial charge in [0.1, 0.15) is 5.76 Å². The Kier molecular flexibility index (Phi) is 10.5. The van der Waals surface area contributed by atoms with Crippen LogP contribution in [0.5, 0.6) is 0 Å². The highest BCUT2D eigenvalue weighted by Gasteiger charge is 2.54. The predicted molar refractivity (Wildman–Crippen MR) is 325 cm³/mol. The molecule has 390 valence electrons. The Morgan fingerprint density at radius 3 is 1.38 bits per heavy atom. The zero-order valence-electron chi connectivity index (χ0n) is 49.0. The molecule has 0 amide bonds. The van der Waals surface area contributed by atoms with Crippen LogP contribution in [0.2, 0.25) is 0 Å². The van der Waals surface area contributed by atoms with Crippen molar-refractivity contribution < 1.29 is 4.42 Å². The van der Waals surface area contributed by atoms with Gasteiger partial charge in [-0.3, -0.25) is 0 Å². The number of fused-ring (bicyclic) bond motifs is 9. The zero-order valence-corrected chi connectivity index (χ0v) is 49.0. The van der Waals surface area contributed by atoms with E-state index in [0.29, 0.717) is 0 Å². The van der Waals surface area contributed by atoms with Crippen LogP contribution < -0.4 is 26.4 Å². The van der Waals surface area contributed by atoms with Crippen LogP contribution in [0.25, 0.3) is 22.3 Å². The largest absolute Gasteiger partial charge is 0.472 e. The quantitative estimate of drug-likeness (QED) is 0.164. The van der Waals surface area contributed by atoms with Gasteiger partial charge in [0.15, 0.2) is 0 Å². The monoisotopic (exact) mass is 1000 g/mol. The van der Waals surface area contributed by atoms with E-state index in [-0.39, 0.29) is 50.0 Å². The molecule has 1 aromatic heterocycles. The topological polar surface area (TPSA) is 19.6 Å². The summed E-state index contributed by atoms with van der Waals surface area (Å²) in [6, 6.07) is 46.0. The second-order valence-corrected chi connectivity index (χ2v) is 30.0. The van der Waals surface area contributed by atoms with Crippen molar-refractivity contribution in [3.63, 3.8) is 0 Å². The molecule has 0 atom stereocenters. The number of hydrogen-bond donors (Lipinski definition) is 0. The third-order valence-corrected chi connectivity index (χ3v) is 21.0. The van der Waals surface area contributed by atoms with Crippen LogP contribution in [0, 0.1) is 0 Å². The van der Waals surface area contributed by atoms with Crippen molar-refractivity contribution in [2.24, 2.45) is 0 Å². The number of furan rings is 1. The summed E-state index contributed by atoms with van der Waals surface area (Å²) in [5, 5.41) is 0. The van der Waals surface area contributed by atoms with Gasteiger partial charge in [-0.1, -0.05) is 184 Å². The highest BCUT2D eigenvalue weighted by atomic mass is 16.3. The second kappa shape index (κ2) is 15.9. The third-order valence-electron chi connectivity index (χ3n) is 21.0. The first kappa shape index (κ1) is 49.8. The molecule has 0 radical (unpaired) electrons. The standard InChI is InChI=1S/C72H83BN2O/c1-65(2)29-30-66(3,4)50-39-47(27-28-49(50)65)74-58-37-46(44-23-19-17-20-24-44)38-59-61(58)73(64-62(74)60-63(76-64)72(15,16)36-35-71(60,13)14)55-41-52-54(70(11,12)34-32-68(52,7)8)43-57(55)75(59)56-42-53-51(67(5,6)31-33-69(53,9)10)40-48(56)45-25-21-18-22-26-45/h17-28,37-43H,29-36H2,1-16H3. The minimum atomic E-state index is -0.142. The van der Waals surface area contributed by atoms with Gasteiger partial charge < -0.3 is 14.2 Å². The summed E-state index contributed by atoms with van der Waals surface area (Å²) < 4.78 is 7.97. The highest BCUT2D eigenvalue weighted by Crippen LogP contribution is 2.59. The van der Waals surface area contributed by atoms with E-state index in [0.717, 1.165) is 50.6 Å². The minimum absolute atomic E-state index is 0.00123. The molecule has 13 rings (SSSR count). The van der Waals surface area contributed by atoms with E-state index in [9.17, 15) is 0 Å². The molecule has 7 aromatic rings. The fourth-order valence-corrected chi connectivity index (χ4v) is 15.5. The van der Waals surface area contributed by atoms with Gasteiger partial charge in [0.25, 0.3) is 6.71 Å². The van der Waals surface area contributed by atoms with Crippen molar-refractivity contribution >= 4 is 57.4 Å². The molecule has 0 spiro atoms. The van der Waals surface area contributed by atoms with Gasteiger partial charge in [0.2, 0.25) is 0 Å². The minimum Gasteiger partial charge on any atom is -0.472 e. The molecule has 4 aliphatic carbocycles. The van der Waals surface area contributed by atoms with E-state index < -0.39 is 0 Å². The van der Waals surface area contributed by atoms with Crippen LogP contribution in [-0.2, 0) is 43.3 Å². The van der Waals surface area contributed by atoms with Crippen molar-refractivity contribution in [2.45, 2.75) is 205 Å². The summed E-state index contributed by atoms with van der Waals surface area (Å²) in [4.78, 5) is 5.50. The maximum absolute atomic E-state index is 7.97. The molecule has 4 heteroatoms. The van der Waals surface area contributed by atoms with E-state index in [2.05, 4.69) is 236 Å². The van der Waals surface area contributed by atoms with Gasteiger partial charge in [-0.15, -0.1) is 0 Å². The Bertz CT molecular complexity index is 3560. The molecule has 6 aliphatic rings. The fourth-order valence-electron chi connectivity index (χ4n) is 15.5. The van der Waals surface area contributed by atoms with Crippen LogP contribution >= 0.6 is 0 Å². The molecular formula is C72H83BN2O. The number of nitrogens with zero attached hydrogens (tertiary/aromatic N) is 2. The number of hydrogen-bond acceptors (Lipinski definition) is 3. The summed E-state index contributed by atoms with van der Waals surface area (Å²) in [5.74, 6) is 1.17. The Morgan fingerprint density at radius 2 is 0.816 bits per heavy atom. The predicted octanol–water partition coefficient (Wildman–Crippen LogP) is 18.1. The van der Waals surface area contributed by atoms with Gasteiger partial charge >= 0.3 is 0 Å². The molecule has 2 aliphatic heterocycles. The molecule has 0 bridgehead atoms. The average Bonchev–Trinajstić information content (AvgIpc) is 3.82. The van der Waals surface area contributed by atoms with Crippen molar-refractivity contribution in [2.75, 3.05) is 9.80 Å². The smallest absolute Gasteiger partial charge is 0.297 e. The van der Waals surface area contributed by atoms with Crippen molar-refractivity contribution in [3.8, 4) is 22.3 Å². The molecule has 3 nitrogen and oxygen atoms in total. The lowest BCUT2D eigenvalue weighted by Gasteiger charge is -2.48. The first-order valence-corrected chi connectivity index (χ1v) is 29.2. The summed E-state index contributed by atoms with van der Waals surface area (Å²) in [5.41, 5.74) is 26.5. The Balaban J connectivity index is 1.23. The summed E-state index contributed by atoms with van der Waals surface area (Å²) in [6.07, 6.45) is 9.13. The van der Waals surface area contributed by atoms with Crippen LogP contribution in [0.4, 0.5) is 34.1 Å². The average molecular weight is 1000 g/mol. The Labute approximate surface area is 457 Å². The Hall–Kier alpha value is -5.74. The van der Waals surface area contributed by atoms with Gasteiger partial charge in [-0.2, -0.15) is 0 Å². The van der Waals surface area contributed by atoms with E-state index in [1.165, 1.54) is 118 Å². The lowest BCUT2D eigenvalue weighted by atomic mass is 9.35. The molecule has 0 unspecified atom stereocenters. The maximum Gasteiger partial charge on any atom is 0.297 e. The van der Waals surface area contributed by atoms with Gasteiger partial charge in [-0.05, 0) is 193 Å². The second-order valence-electron chi connectivity index (χ2n) is 30.0. The molecule has 0 saturated heterocycles. The Morgan fingerprint density at radius 1 is 0.368 bits per heavy atom. The maximum atomic E-state index is 7.97. The number of benzene rings is 6. The normalized spacial score (nSPS) is 21.8. The summed E-state index contributed by atoms with van der Waals surface area (Å²) in [7, 11) is 0. The first-order chi connectivity index (χ1) is 35.6. The van der Waals surface area contributed by atoms with Crippen LogP contribution in [0.1, 0.15) is 207 Å².